The van der Waals surface area contributed by atoms with Gasteiger partial charge in [0.2, 0.25) is 0 Å². The first-order valence-corrected chi connectivity index (χ1v) is 5.27. The second kappa shape index (κ2) is 3.55. The molecule has 0 aliphatic carbocycles. The topological polar surface area (TPSA) is 38.1 Å². The van der Waals surface area contributed by atoms with E-state index in [4.69, 9.17) is 0 Å². The lowest BCUT2D eigenvalue weighted by atomic mass is 10.2. The van der Waals surface area contributed by atoms with Crippen LogP contribution in [0.5, 0.6) is 0 Å². The molecule has 0 aromatic carbocycles. The Labute approximate surface area is 86.7 Å². The fourth-order valence-corrected chi connectivity index (χ4v) is 2.26. The van der Waals surface area contributed by atoms with Gasteiger partial charge >= 0.3 is 0 Å². The molecule has 0 spiro atoms. The Bertz CT molecular complexity index is 393. The predicted octanol–water partition coefficient (Wildman–Crippen LogP) is 1.87. The van der Waals surface area contributed by atoms with Crippen LogP contribution in [-0.4, -0.2) is 14.7 Å². The predicted molar refractivity (Wildman–Crippen MR) is 56.3 cm³/mol. The highest BCUT2D eigenvalue weighted by Crippen LogP contribution is 2.27. The highest BCUT2D eigenvalue weighted by Gasteiger charge is 2.16. The van der Waals surface area contributed by atoms with E-state index in [9.17, 15) is 5.11 Å². The van der Waals surface area contributed by atoms with Gasteiger partial charge in [0.1, 0.15) is 6.10 Å². The maximum atomic E-state index is 10.1. The molecule has 3 nitrogen and oxygen atoms in total. The zero-order chi connectivity index (χ0) is 10.1. The second-order valence-electron chi connectivity index (χ2n) is 3.25. The lowest BCUT2D eigenvalue weighted by Crippen LogP contribution is -2.04. The highest BCUT2D eigenvalue weighted by molar-refractivity contribution is 7.09. The Morgan fingerprint density at radius 1 is 1.57 bits per heavy atom. The summed E-state index contributed by atoms with van der Waals surface area (Å²) in [7, 11) is 1.93. The normalized spacial score (nSPS) is 13.1. The van der Waals surface area contributed by atoms with Crippen LogP contribution in [0.25, 0.3) is 0 Å². The smallest absolute Gasteiger partial charge is 0.130 e. The molecule has 4 heteroatoms. The standard InChI is InChI=1S/C10H12N2OS/c1-7-10(14-6-11-7)9(13)8-4-3-5-12(8)2/h3-6,9,13H,1-2H3. The van der Waals surface area contributed by atoms with Crippen LogP contribution in [-0.2, 0) is 7.05 Å². The van der Waals surface area contributed by atoms with Gasteiger partial charge in [-0.15, -0.1) is 11.3 Å². The van der Waals surface area contributed by atoms with Crippen molar-refractivity contribution in [3.63, 3.8) is 0 Å². The van der Waals surface area contributed by atoms with Crippen molar-refractivity contribution >= 4 is 11.3 Å². The van der Waals surface area contributed by atoms with Crippen molar-refractivity contribution in [3.05, 3.63) is 40.1 Å². The van der Waals surface area contributed by atoms with Crippen LogP contribution in [0.1, 0.15) is 22.4 Å². The van der Waals surface area contributed by atoms with Gasteiger partial charge in [0.15, 0.2) is 0 Å². The van der Waals surface area contributed by atoms with Gasteiger partial charge in [0, 0.05) is 13.2 Å². The molecule has 2 rings (SSSR count). The summed E-state index contributed by atoms with van der Waals surface area (Å²) in [6.07, 6.45) is 1.37. The molecule has 0 saturated heterocycles. The molecule has 2 heterocycles. The number of aliphatic hydroxyl groups excluding tert-OH is 1. The highest BCUT2D eigenvalue weighted by atomic mass is 32.1. The first kappa shape index (κ1) is 9.43. The maximum absolute atomic E-state index is 10.1. The van der Waals surface area contributed by atoms with Gasteiger partial charge in [-0.3, -0.25) is 0 Å². The third-order valence-electron chi connectivity index (χ3n) is 2.30. The molecule has 0 bridgehead atoms. The summed E-state index contributed by atoms with van der Waals surface area (Å²) in [5.74, 6) is 0. The molecule has 2 aromatic rings. The number of aryl methyl sites for hydroxylation is 2. The van der Waals surface area contributed by atoms with E-state index in [-0.39, 0.29) is 0 Å². The number of thiazole rings is 1. The lowest BCUT2D eigenvalue weighted by Gasteiger charge is -2.10. The molecule has 0 aliphatic rings. The SMILES string of the molecule is Cc1ncsc1C(O)c1cccn1C. The quantitative estimate of drug-likeness (QED) is 0.818. The Morgan fingerprint density at radius 3 is 2.86 bits per heavy atom. The summed E-state index contributed by atoms with van der Waals surface area (Å²) in [5, 5.41) is 10.1. The van der Waals surface area contributed by atoms with E-state index in [1.54, 1.807) is 5.51 Å². The van der Waals surface area contributed by atoms with Crippen molar-refractivity contribution in [2.24, 2.45) is 7.05 Å². The van der Waals surface area contributed by atoms with E-state index in [0.29, 0.717) is 0 Å². The molecule has 0 aliphatic heterocycles. The van der Waals surface area contributed by atoms with Gasteiger partial charge in [-0.2, -0.15) is 0 Å². The van der Waals surface area contributed by atoms with Crippen LogP contribution in [0.4, 0.5) is 0 Å². The van der Waals surface area contributed by atoms with E-state index in [1.165, 1.54) is 11.3 Å². The van der Waals surface area contributed by atoms with Crippen molar-refractivity contribution in [3.8, 4) is 0 Å². The van der Waals surface area contributed by atoms with Crippen LogP contribution in [0, 0.1) is 6.92 Å². The molecule has 0 radical (unpaired) electrons. The zero-order valence-electron chi connectivity index (χ0n) is 8.14. The molecule has 1 N–H and O–H groups in total. The fourth-order valence-electron chi connectivity index (χ4n) is 1.47. The van der Waals surface area contributed by atoms with Crippen LogP contribution >= 0.6 is 11.3 Å². The fraction of sp³-hybridized carbons (Fsp3) is 0.300. The summed E-state index contributed by atoms with van der Waals surface area (Å²) in [5.41, 5.74) is 3.57. The monoisotopic (exact) mass is 208 g/mol. The number of hydrogen-bond acceptors (Lipinski definition) is 3. The summed E-state index contributed by atoms with van der Waals surface area (Å²) in [4.78, 5) is 5.05. The molecule has 2 aromatic heterocycles. The molecule has 14 heavy (non-hydrogen) atoms. The Balaban J connectivity index is 2.38. The Hall–Kier alpha value is -1.13. The average Bonchev–Trinajstić information content (AvgIpc) is 2.73. The van der Waals surface area contributed by atoms with Gasteiger partial charge in [-0.25, -0.2) is 4.98 Å². The minimum absolute atomic E-state index is 0.553. The van der Waals surface area contributed by atoms with Crippen LogP contribution in [0.15, 0.2) is 23.8 Å². The maximum Gasteiger partial charge on any atom is 0.130 e. The minimum Gasteiger partial charge on any atom is -0.381 e. The first-order valence-electron chi connectivity index (χ1n) is 4.39. The molecule has 1 unspecified atom stereocenters. The molecule has 74 valence electrons. The van der Waals surface area contributed by atoms with Crippen molar-refractivity contribution in [1.29, 1.82) is 0 Å². The van der Waals surface area contributed by atoms with Gasteiger partial charge < -0.3 is 9.67 Å². The number of hydrogen-bond donors (Lipinski definition) is 1. The summed E-state index contributed by atoms with van der Waals surface area (Å²) in [6.45, 7) is 1.91. The lowest BCUT2D eigenvalue weighted by molar-refractivity contribution is 0.214. The van der Waals surface area contributed by atoms with Gasteiger partial charge in [0.25, 0.3) is 0 Å². The number of aliphatic hydroxyl groups is 1. The molecular formula is C10H12N2OS. The van der Waals surface area contributed by atoms with E-state index in [1.807, 2.05) is 36.9 Å². The number of aromatic nitrogens is 2. The third-order valence-corrected chi connectivity index (χ3v) is 3.28. The molecule has 1 atom stereocenters. The Morgan fingerprint density at radius 2 is 2.36 bits per heavy atom. The van der Waals surface area contributed by atoms with Crippen molar-refractivity contribution in [2.75, 3.05) is 0 Å². The third kappa shape index (κ3) is 1.47. The second-order valence-corrected chi connectivity index (χ2v) is 4.13. The Kier molecular flexibility index (Phi) is 2.39. The summed E-state index contributed by atoms with van der Waals surface area (Å²) < 4.78 is 1.92. The van der Waals surface area contributed by atoms with E-state index >= 15 is 0 Å². The number of nitrogens with zero attached hydrogens (tertiary/aromatic N) is 2. The van der Waals surface area contributed by atoms with Crippen molar-refractivity contribution in [2.45, 2.75) is 13.0 Å². The first-order chi connectivity index (χ1) is 6.70. The summed E-state index contributed by atoms with van der Waals surface area (Å²) in [6, 6.07) is 3.85. The van der Waals surface area contributed by atoms with E-state index in [2.05, 4.69) is 4.98 Å². The average molecular weight is 208 g/mol. The molecule has 0 fully saturated rings. The van der Waals surface area contributed by atoms with E-state index in [0.717, 1.165) is 16.3 Å². The number of rotatable bonds is 2. The van der Waals surface area contributed by atoms with Gasteiger partial charge in [-0.1, -0.05) is 0 Å². The molecule has 0 amide bonds. The van der Waals surface area contributed by atoms with Crippen molar-refractivity contribution in [1.82, 2.24) is 9.55 Å². The van der Waals surface area contributed by atoms with Crippen LogP contribution in [0.2, 0.25) is 0 Å². The van der Waals surface area contributed by atoms with Gasteiger partial charge in [-0.05, 0) is 19.1 Å². The summed E-state index contributed by atoms with van der Waals surface area (Å²) >= 11 is 1.49. The zero-order valence-corrected chi connectivity index (χ0v) is 8.95. The molecular weight excluding hydrogens is 196 g/mol. The molecule has 0 saturated carbocycles. The van der Waals surface area contributed by atoms with Crippen LogP contribution in [0.3, 0.4) is 0 Å². The van der Waals surface area contributed by atoms with E-state index < -0.39 is 6.10 Å². The minimum atomic E-state index is -0.553. The van der Waals surface area contributed by atoms with Crippen LogP contribution < -0.4 is 0 Å². The van der Waals surface area contributed by atoms with Gasteiger partial charge in [0.05, 0.1) is 21.8 Å². The largest absolute Gasteiger partial charge is 0.381 e. The van der Waals surface area contributed by atoms with Crippen molar-refractivity contribution < 1.29 is 5.11 Å².